The largest absolute Gasteiger partial charge is 0.387 e. The topological polar surface area (TPSA) is 46.2 Å². The molecule has 0 heterocycles. The Kier molecular flexibility index (Phi) is 3.71. The van der Waals surface area contributed by atoms with Crippen molar-refractivity contribution in [3.05, 3.63) is 33.6 Å². The van der Waals surface area contributed by atoms with Crippen molar-refractivity contribution in [2.75, 3.05) is 0 Å². The normalized spacial score (nSPS) is 15.1. The van der Waals surface area contributed by atoms with Crippen LogP contribution in [0.4, 0.5) is 4.39 Å². The molecule has 1 aromatic rings. The van der Waals surface area contributed by atoms with E-state index < -0.39 is 18.0 Å². The zero-order valence-corrected chi connectivity index (χ0v) is 9.77. The molecule has 4 heteroatoms. The van der Waals surface area contributed by atoms with Crippen molar-refractivity contribution in [3.8, 4) is 0 Å². The Morgan fingerprint density at radius 2 is 1.93 bits per heavy atom. The average molecular weight is 232 g/mol. The van der Waals surface area contributed by atoms with Gasteiger partial charge in [0.2, 0.25) is 0 Å². The molecule has 15 heavy (non-hydrogen) atoms. The van der Waals surface area contributed by atoms with E-state index in [9.17, 15) is 9.50 Å². The summed E-state index contributed by atoms with van der Waals surface area (Å²) in [6, 6.07) is 0.796. The van der Waals surface area contributed by atoms with E-state index in [4.69, 9.17) is 17.3 Å². The van der Waals surface area contributed by atoms with Crippen LogP contribution in [-0.2, 0) is 0 Å². The van der Waals surface area contributed by atoms with Gasteiger partial charge in [0, 0.05) is 11.1 Å². The lowest BCUT2D eigenvalue weighted by atomic mass is 9.94. The van der Waals surface area contributed by atoms with Crippen LogP contribution in [0.3, 0.4) is 0 Å². The summed E-state index contributed by atoms with van der Waals surface area (Å²) in [7, 11) is 0. The number of hydrogen-bond donors (Lipinski definition) is 2. The molecule has 0 amide bonds. The molecular formula is C11H15ClFNO. The number of nitrogens with two attached hydrogens (primary N) is 1. The van der Waals surface area contributed by atoms with Crippen molar-refractivity contribution in [2.24, 2.45) is 5.73 Å². The van der Waals surface area contributed by atoms with Gasteiger partial charge in [-0.05, 0) is 43.5 Å². The lowest BCUT2D eigenvalue weighted by molar-refractivity contribution is 0.151. The van der Waals surface area contributed by atoms with Crippen LogP contribution in [0.1, 0.15) is 29.7 Å². The molecule has 2 unspecified atom stereocenters. The van der Waals surface area contributed by atoms with E-state index in [1.807, 2.05) is 0 Å². The van der Waals surface area contributed by atoms with E-state index in [2.05, 4.69) is 0 Å². The maximum atomic E-state index is 13.4. The Balaban J connectivity index is 3.39. The minimum Gasteiger partial charge on any atom is -0.387 e. The average Bonchev–Trinajstić information content (AvgIpc) is 2.15. The molecule has 0 radical (unpaired) electrons. The molecule has 1 rings (SSSR count). The van der Waals surface area contributed by atoms with E-state index in [1.54, 1.807) is 20.8 Å². The fraction of sp³-hybridized carbons (Fsp3) is 0.455. The summed E-state index contributed by atoms with van der Waals surface area (Å²) in [5, 5.41) is 10.2. The maximum Gasteiger partial charge on any atom is 0.127 e. The summed E-state index contributed by atoms with van der Waals surface area (Å²) >= 11 is 5.85. The second kappa shape index (κ2) is 4.47. The molecule has 0 saturated heterocycles. The third-order valence-corrected chi connectivity index (χ3v) is 2.96. The first kappa shape index (κ1) is 12.4. The summed E-state index contributed by atoms with van der Waals surface area (Å²) in [6.45, 7) is 5.03. The number of benzene rings is 1. The predicted octanol–water partition coefficient (Wildman–Crippen LogP) is 2.48. The van der Waals surface area contributed by atoms with Gasteiger partial charge in [-0.1, -0.05) is 11.6 Å². The van der Waals surface area contributed by atoms with Gasteiger partial charge >= 0.3 is 0 Å². The van der Waals surface area contributed by atoms with E-state index in [1.165, 1.54) is 6.07 Å². The first-order valence-corrected chi connectivity index (χ1v) is 5.12. The highest BCUT2D eigenvalue weighted by molar-refractivity contribution is 6.31. The van der Waals surface area contributed by atoms with Crippen LogP contribution < -0.4 is 5.73 Å². The van der Waals surface area contributed by atoms with E-state index in [0.717, 1.165) is 0 Å². The molecule has 2 nitrogen and oxygen atoms in total. The van der Waals surface area contributed by atoms with Crippen molar-refractivity contribution < 1.29 is 9.50 Å². The zero-order valence-electron chi connectivity index (χ0n) is 9.01. The van der Waals surface area contributed by atoms with Gasteiger partial charge in [-0.3, -0.25) is 0 Å². The van der Waals surface area contributed by atoms with E-state index in [0.29, 0.717) is 21.7 Å². The molecule has 2 atom stereocenters. The van der Waals surface area contributed by atoms with Crippen molar-refractivity contribution in [3.63, 3.8) is 0 Å². The van der Waals surface area contributed by atoms with Crippen molar-refractivity contribution in [2.45, 2.75) is 32.9 Å². The SMILES string of the molecule is Cc1c(F)cc(Cl)c(C)c1C(O)C(C)N. The highest BCUT2D eigenvalue weighted by Gasteiger charge is 2.21. The molecule has 0 bridgehead atoms. The molecule has 0 saturated carbocycles. The molecule has 1 aromatic carbocycles. The van der Waals surface area contributed by atoms with Gasteiger partial charge in [-0.25, -0.2) is 4.39 Å². The molecule has 0 aliphatic heterocycles. The van der Waals surface area contributed by atoms with Gasteiger partial charge in [0.15, 0.2) is 0 Å². The smallest absolute Gasteiger partial charge is 0.127 e. The van der Waals surface area contributed by atoms with Gasteiger partial charge in [0.1, 0.15) is 5.82 Å². The third-order valence-electron chi connectivity index (χ3n) is 2.57. The van der Waals surface area contributed by atoms with Crippen LogP contribution in [0.5, 0.6) is 0 Å². The fourth-order valence-corrected chi connectivity index (χ4v) is 1.77. The monoisotopic (exact) mass is 231 g/mol. The standard InChI is InChI=1S/C11H15ClFNO/c1-5-8(12)4-9(13)6(2)10(5)11(15)7(3)14/h4,7,11,15H,14H2,1-3H3. The number of aliphatic hydroxyl groups excluding tert-OH is 1. The summed E-state index contributed by atoms with van der Waals surface area (Å²) in [5.41, 5.74) is 7.17. The molecule has 0 aliphatic rings. The van der Waals surface area contributed by atoms with E-state index in [-0.39, 0.29) is 0 Å². The highest BCUT2D eigenvalue weighted by atomic mass is 35.5. The van der Waals surface area contributed by atoms with E-state index >= 15 is 0 Å². The minimum atomic E-state index is -0.891. The van der Waals surface area contributed by atoms with Crippen LogP contribution in [0, 0.1) is 19.7 Å². The Morgan fingerprint density at radius 3 is 2.40 bits per heavy atom. The molecule has 3 N–H and O–H groups in total. The summed E-state index contributed by atoms with van der Waals surface area (Å²) in [5.74, 6) is -0.416. The second-order valence-corrected chi connectivity index (χ2v) is 4.22. The molecule has 84 valence electrons. The van der Waals surface area contributed by atoms with Crippen molar-refractivity contribution in [1.82, 2.24) is 0 Å². The molecule has 0 aromatic heterocycles. The highest BCUT2D eigenvalue weighted by Crippen LogP contribution is 2.30. The maximum absolute atomic E-state index is 13.4. The number of halogens is 2. The number of hydrogen-bond acceptors (Lipinski definition) is 2. The van der Waals surface area contributed by atoms with Crippen LogP contribution in [0.2, 0.25) is 5.02 Å². The first-order valence-electron chi connectivity index (χ1n) is 4.75. The summed E-state index contributed by atoms with van der Waals surface area (Å²) in [4.78, 5) is 0. The van der Waals surface area contributed by atoms with Gasteiger partial charge in [0.05, 0.1) is 6.10 Å². The van der Waals surface area contributed by atoms with Crippen molar-refractivity contribution >= 4 is 11.6 Å². The Hall–Kier alpha value is -0.640. The molecule has 0 spiro atoms. The van der Waals surface area contributed by atoms with Crippen LogP contribution in [0.15, 0.2) is 6.07 Å². The zero-order chi connectivity index (χ0) is 11.7. The first-order chi connectivity index (χ1) is 6.86. The van der Waals surface area contributed by atoms with Crippen molar-refractivity contribution in [1.29, 1.82) is 0 Å². The van der Waals surface area contributed by atoms with Gasteiger partial charge in [0.25, 0.3) is 0 Å². The third kappa shape index (κ3) is 2.30. The fourth-order valence-electron chi connectivity index (χ4n) is 1.57. The summed E-state index contributed by atoms with van der Waals surface area (Å²) in [6.07, 6.45) is -0.891. The Morgan fingerprint density at radius 1 is 1.40 bits per heavy atom. The van der Waals surface area contributed by atoms with Crippen LogP contribution in [-0.4, -0.2) is 11.1 Å². The second-order valence-electron chi connectivity index (χ2n) is 3.81. The lowest BCUT2D eigenvalue weighted by Gasteiger charge is -2.20. The quantitative estimate of drug-likeness (QED) is 0.822. The van der Waals surface area contributed by atoms with Crippen LogP contribution >= 0.6 is 11.6 Å². The Bertz CT molecular complexity index is 353. The minimum absolute atomic E-state index is 0.313. The van der Waals surface area contributed by atoms with Gasteiger partial charge in [-0.15, -0.1) is 0 Å². The molecular weight excluding hydrogens is 217 g/mol. The number of rotatable bonds is 2. The lowest BCUT2D eigenvalue weighted by Crippen LogP contribution is -2.26. The number of aliphatic hydroxyl groups is 1. The molecule has 0 fully saturated rings. The van der Waals surface area contributed by atoms with Gasteiger partial charge in [-0.2, -0.15) is 0 Å². The predicted molar refractivity (Wildman–Crippen MR) is 59.5 cm³/mol. The van der Waals surface area contributed by atoms with Gasteiger partial charge < -0.3 is 10.8 Å². The Labute approximate surface area is 93.9 Å². The van der Waals surface area contributed by atoms with Crippen LogP contribution in [0.25, 0.3) is 0 Å². The molecule has 0 aliphatic carbocycles. The summed E-state index contributed by atoms with van der Waals surface area (Å²) < 4.78 is 13.4.